The molecule has 0 spiro atoms. The molecule has 2 aliphatic rings. The van der Waals surface area contributed by atoms with Crippen molar-refractivity contribution in [2.45, 2.75) is 56.3 Å². The zero-order valence-corrected chi connectivity index (χ0v) is 12.6. The second-order valence-corrected chi connectivity index (χ2v) is 6.57. The number of carboxylic acid groups (broad SMARTS) is 1. The second kappa shape index (κ2) is 5.72. The Bertz CT molecular complexity index is 565. The van der Waals surface area contributed by atoms with Gasteiger partial charge in [0.15, 0.2) is 6.10 Å². The average Bonchev–Trinajstić information content (AvgIpc) is 2.96. The molecule has 1 aliphatic heterocycles. The van der Waals surface area contributed by atoms with Gasteiger partial charge >= 0.3 is 5.97 Å². The maximum absolute atomic E-state index is 12.1. The Kier molecular flexibility index (Phi) is 3.91. The minimum absolute atomic E-state index is 0.110. The molecule has 1 aromatic rings. The molecule has 2 N–H and O–H groups in total. The van der Waals surface area contributed by atoms with Crippen LogP contribution in [0, 0.1) is 0 Å². The van der Waals surface area contributed by atoms with E-state index in [0.29, 0.717) is 12.8 Å². The number of benzene rings is 1. The van der Waals surface area contributed by atoms with Crippen molar-refractivity contribution in [3.8, 4) is 0 Å². The molecule has 1 aliphatic carbocycles. The van der Waals surface area contributed by atoms with Crippen LogP contribution in [0.15, 0.2) is 30.3 Å². The van der Waals surface area contributed by atoms with E-state index in [9.17, 15) is 9.59 Å². The molecule has 22 heavy (non-hydrogen) atoms. The van der Waals surface area contributed by atoms with Crippen molar-refractivity contribution < 1.29 is 19.4 Å². The average molecular weight is 303 g/mol. The lowest BCUT2D eigenvalue weighted by atomic mass is 9.63. The van der Waals surface area contributed by atoms with Crippen molar-refractivity contribution in [1.82, 2.24) is 5.32 Å². The first-order chi connectivity index (χ1) is 10.5. The summed E-state index contributed by atoms with van der Waals surface area (Å²) >= 11 is 0. The largest absolute Gasteiger partial charge is 0.479 e. The predicted molar refractivity (Wildman–Crippen MR) is 80.5 cm³/mol. The minimum atomic E-state index is -0.990. The molecular weight excluding hydrogens is 282 g/mol. The van der Waals surface area contributed by atoms with Gasteiger partial charge in [0.1, 0.15) is 6.10 Å². The molecule has 0 bridgehead atoms. The molecule has 0 unspecified atom stereocenters. The summed E-state index contributed by atoms with van der Waals surface area (Å²) in [4.78, 5) is 23.0. The fraction of sp³-hybridized carbons (Fsp3) is 0.529. The lowest BCUT2D eigenvalue weighted by Crippen LogP contribution is -2.53. The number of amides is 1. The van der Waals surface area contributed by atoms with Gasteiger partial charge < -0.3 is 15.2 Å². The van der Waals surface area contributed by atoms with E-state index in [-0.39, 0.29) is 17.4 Å². The smallest absolute Gasteiger partial charge is 0.332 e. The van der Waals surface area contributed by atoms with E-state index in [1.807, 2.05) is 18.2 Å². The maximum atomic E-state index is 12.1. The molecular formula is C17H21NO4. The summed E-state index contributed by atoms with van der Waals surface area (Å²) in [6.07, 6.45) is 1.22. The number of carbonyl (C=O) groups excluding carboxylic acids is 1. The molecule has 2 fully saturated rings. The van der Waals surface area contributed by atoms with Crippen molar-refractivity contribution in [1.29, 1.82) is 0 Å². The molecule has 5 heteroatoms. The first-order valence-electron chi connectivity index (χ1n) is 7.72. The number of carbonyl (C=O) groups is 2. The first-order valence-corrected chi connectivity index (χ1v) is 7.72. The van der Waals surface area contributed by atoms with Crippen LogP contribution in [-0.4, -0.2) is 35.2 Å². The van der Waals surface area contributed by atoms with E-state index in [2.05, 4.69) is 24.4 Å². The standard InChI is InChI=1S/C17H21NO4/c1-17(11-5-3-2-4-6-11)9-12(10-17)18-15(19)13-7-8-14(22-13)16(20)21/h2-6,12-14H,7-10H2,1H3,(H,18,19)(H,20,21)/t12?,13-,14+,17?/m0/s1. The summed E-state index contributed by atoms with van der Waals surface area (Å²) in [5.41, 5.74) is 1.41. The lowest BCUT2D eigenvalue weighted by molar-refractivity contribution is -0.152. The number of rotatable bonds is 4. The zero-order chi connectivity index (χ0) is 15.7. The summed E-state index contributed by atoms with van der Waals surface area (Å²) in [6.45, 7) is 2.21. The molecule has 1 saturated carbocycles. The second-order valence-electron chi connectivity index (χ2n) is 6.57. The van der Waals surface area contributed by atoms with Crippen LogP contribution >= 0.6 is 0 Å². The Labute approximate surface area is 129 Å². The summed E-state index contributed by atoms with van der Waals surface area (Å²) in [6, 6.07) is 10.5. The van der Waals surface area contributed by atoms with Crippen LogP contribution in [0.25, 0.3) is 0 Å². The van der Waals surface area contributed by atoms with E-state index in [1.165, 1.54) is 5.56 Å². The number of nitrogens with one attached hydrogen (secondary N) is 1. The van der Waals surface area contributed by atoms with E-state index >= 15 is 0 Å². The summed E-state index contributed by atoms with van der Waals surface area (Å²) < 4.78 is 5.28. The number of hydrogen-bond donors (Lipinski definition) is 2. The maximum Gasteiger partial charge on any atom is 0.332 e. The quantitative estimate of drug-likeness (QED) is 0.890. The monoisotopic (exact) mass is 303 g/mol. The van der Waals surface area contributed by atoms with Gasteiger partial charge in [0, 0.05) is 6.04 Å². The Balaban J connectivity index is 1.50. The fourth-order valence-electron chi connectivity index (χ4n) is 3.51. The number of carboxylic acids is 1. The van der Waals surface area contributed by atoms with Crippen molar-refractivity contribution in [3.63, 3.8) is 0 Å². The highest BCUT2D eigenvalue weighted by Crippen LogP contribution is 2.43. The highest BCUT2D eigenvalue weighted by molar-refractivity contribution is 5.83. The van der Waals surface area contributed by atoms with Gasteiger partial charge in [-0.2, -0.15) is 0 Å². The van der Waals surface area contributed by atoms with E-state index in [1.54, 1.807) is 0 Å². The zero-order valence-electron chi connectivity index (χ0n) is 12.6. The van der Waals surface area contributed by atoms with Crippen LogP contribution in [0.5, 0.6) is 0 Å². The van der Waals surface area contributed by atoms with Crippen LogP contribution in [0.2, 0.25) is 0 Å². The molecule has 1 heterocycles. The Morgan fingerprint density at radius 3 is 2.41 bits per heavy atom. The van der Waals surface area contributed by atoms with Gasteiger partial charge in [0.2, 0.25) is 5.91 Å². The summed E-state index contributed by atoms with van der Waals surface area (Å²) in [7, 11) is 0. The third kappa shape index (κ3) is 2.86. The molecule has 5 nitrogen and oxygen atoms in total. The first kappa shape index (κ1) is 15.0. The highest BCUT2D eigenvalue weighted by Gasteiger charge is 2.43. The van der Waals surface area contributed by atoms with E-state index in [4.69, 9.17) is 9.84 Å². The van der Waals surface area contributed by atoms with Crippen LogP contribution in [0.1, 0.15) is 38.2 Å². The number of aliphatic carboxylic acids is 1. The Morgan fingerprint density at radius 1 is 1.18 bits per heavy atom. The van der Waals surface area contributed by atoms with Gasteiger partial charge in [0.25, 0.3) is 0 Å². The highest BCUT2D eigenvalue weighted by atomic mass is 16.5. The van der Waals surface area contributed by atoms with Gasteiger partial charge in [-0.15, -0.1) is 0 Å². The van der Waals surface area contributed by atoms with Gasteiger partial charge in [-0.3, -0.25) is 4.79 Å². The molecule has 2 atom stereocenters. The SMILES string of the molecule is CC1(c2ccccc2)CC(NC(=O)[C@@H]2CC[C@H](C(=O)O)O2)C1. The number of hydrogen-bond acceptors (Lipinski definition) is 3. The number of ether oxygens (including phenoxy) is 1. The molecule has 1 saturated heterocycles. The molecule has 3 rings (SSSR count). The van der Waals surface area contributed by atoms with Crippen molar-refractivity contribution in [2.24, 2.45) is 0 Å². The van der Waals surface area contributed by atoms with Crippen LogP contribution in [0.3, 0.4) is 0 Å². The third-order valence-corrected chi connectivity index (χ3v) is 4.80. The van der Waals surface area contributed by atoms with Gasteiger partial charge in [-0.05, 0) is 36.7 Å². The topological polar surface area (TPSA) is 75.6 Å². The molecule has 1 amide bonds. The summed E-state index contributed by atoms with van der Waals surface area (Å²) in [5.74, 6) is -1.17. The van der Waals surface area contributed by atoms with Crippen molar-refractivity contribution in [2.75, 3.05) is 0 Å². The van der Waals surface area contributed by atoms with Crippen molar-refractivity contribution >= 4 is 11.9 Å². The van der Waals surface area contributed by atoms with E-state index in [0.717, 1.165) is 12.8 Å². The summed E-state index contributed by atoms with van der Waals surface area (Å²) in [5, 5.41) is 11.9. The Hall–Kier alpha value is -1.88. The van der Waals surface area contributed by atoms with Gasteiger partial charge in [-0.25, -0.2) is 4.79 Å². The van der Waals surface area contributed by atoms with Crippen LogP contribution < -0.4 is 5.32 Å². The van der Waals surface area contributed by atoms with Gasteiger partial charge in [-0.1, -0.05) is 37.3 Å². The van der Waals surface area contributed by atoms with Crippen LogP contribution in [-0.2, 0) is 19.7 Å². The lowest BCUT2D eigenvalue weighted by Gasteiger charge is -2.46. The molecule has 118 valence electrons. The van der Waals surface area contributed by atoms with Crippen molar-refractivity contribution in [3.05, 3.63) is 35.9 Å². The van der Waals surface area contributed by atoms with Gasteiger partial charge in [0.05, 0.1) is 0 Å². The molecule has 1 aromatic carbocycles. The minimum Gasteiger partial charge on any atom is -0.479 e. The molecule has 0 aromatic heterocycles. The molecule has 0 radical (unpaired) electrons. The third-order valence-electron chi connectivity index (χ3n) is 4.80. The Morgan fingerprint density at radius 2 is 1.82 bits per heavy atom. The predicted octanol–water partition coefficient (Wildman–Crippen LogP) is 1.86. The van der Waals surface area contributed by atoms with E-state index < -0.39 is 18.2 Å². The van der Waals surface area contributed by atoms with Crippen LogP contribution in [0.4, 0.5) is 0 Å². The normalized spacial score (nSPS) is 34.0. The fourth-order valence-corrected chi connectivity index (χ4v) is 3.51.